The van der Waals surface area contributed by atoms with Gasteiger partial charge in [0.2, 0.25) is 0 Å². The number of rotatable bonds is 2. The second-order valence-electron chi connectivity index (χ2n) is 1.90. The third-order valence-corrected chi connectivity index (χ3v) is 1.44. The molecule has 0 aromatic carbocycles. The first-order valence-electron chi connectivity index (χ1n) is 2.97. The Morgan fingerprint density at radius 3 is 2.56 bits per heavy atom. The van der Waals surface area contributed by atoms with Crippen molar-refractivity contribution in [1.82, 2.24) is 0 Å². The Morgan fingerprint density at radius 1 is 1.33 bits per heavy atom. The zero-order valence-corrected chi connectivity index (χ0v) is 6.05. The van der Waals surface area contributed by atoms with Crippen LogP contribution in [0.4, 0.5) is 0 Å². The minimum atomic E-state index is 0.514. The van der Waals surface area contributed by atoms with Crippen molar-refractivity contribution in [2.75, 3.05) is 0 Å². The van der Waals surface area contributed by atoms with E-state index in [0.29, 0.717) is 5.92 Å². The number of hydrogen-bond acceptors (Lipinski definition) is 0. The van der Waals surface area contributed by atoms with Crippen molar-refractivity contribution >= 4 is 0 Å². The van der Waals surface area contributed by atoms with Crippen LogP contribution < -0.4 is 0 Å². The van der Waals surface area contributed by atoms with Crippen LogP contribution in [-0.2, 0) is 15.5 Å². The van der Waals surface area contributed by atoms with Crippen LogP contribution >= 0.6 is 0 Å². The Labute approximate surface area is 63.7 Å². The van der Waals surface area contributed by atoms with E-state index in [2.05, 4.69) is 45.8 Å². The molecule has 0 radical (unpaired) electrons. The monoisotopic (exact) mass is 163 g/mol. The summed E-state index contributed by atoms with van der Waals surface area (Å²) in [5.74, 6) is 0.514. The van der Waals surface area contributed by atoms with E-state index in [1.165, 1.54) is 0 Å². The van der Waals surface area contributed by atoms with Gasteiger partial charge in [-0.25, -0.2) is 0 Å². The Bertz CT molecular complexity index is 142. The molecule has 0 heterocycles. The topological polar surface area (TPSA) is 0 Å². The second kappa shape index (κ2) is 3.68. The summed E-state index contributed by atoms with van der Waals surface area (Å²) in [5, 5.41) is 0.762. The normalized spacial score (nSPS) is 18.4. The van der Waals surface area contributed by atoms with E-state index in [0.717, 1.165) is 5.39 Å². The van der Waals surface area contributed by atoms with Gasteiger partial charge in [-0.2, -0.15) is 0 Å². The summed E-state index contributed by atoms with van der Waals surface area (Å²) in [4.78, 5) is 0. The fourth-order valence-electron chi connectivity index (χ4n) is 0.778. The Balaban J connectivity index is 2.36. The van der Waals surface area contributed by atoms with E-state index in [1.807, 2.05) is 6.08 Å². The molecule has 0 atom stereocenters. The summed E-state index contributed by atoms with van der Waals surface area (Å²) in [5.41, 5.74) is 0. The van der Waals surface area contributed by atoms with Gasteiger partial charge in [-0.15, -0.1) is 0 Å². The SMILES string of the molecule is [Ni][CH2]C=CC1C=CC=C1. The van der Waals surface area contributed by atoms with Crippen molar-refractivity contribution in [3.05, 3.63) is 36.5 Å². The van der Waals surface area contributed by atoms with Crippen molar-refractivity contribution in [1.29, 1.82) is 0 Å². The molecule has 1 heteroatoms. The van der Waals surface area contributed by atoms with Crippen LogP contribution in [0.5, 0.6) is 0 Å². The maximum absolute atomic E-state index is 4.49. The van der Waals surface area contributed by atoms with Crippen LogP contribution in [0.2, 0.25) is 5.39 Å². The van der Waals surface area contributed by atoms with Gasteiger partial charge in [-0.1, -0.05) is 0 Å². The van der Waals surface area contributed by atoms with Gasteiger partial charge in [0, 0.05) is 0 Å². The predicted molar refractivity (Wildman–Crippen MR) is 35.7 cm³/mol. The summed E-state index contributed by atoms with van der Waals surface area (Å²) in [6.07, 6.45) is 12.6. The first kappa shape index (κ1) is 6.83. The molecule has 0 bridgehead atoms. The van der Waals surface area contributed by atoms with Crippen molar-refractivity contribution in [2.24, 2.45) is 5.92 Å². The minimum absolute atomic E-state index is 0.514. The second-order valence-corrected chi connectivity index (χ2v) is 2.31. The Kier molecular flexibility index (Phi) is 2.80. The molecular weight excluding hydrogens is 155 g/mol. The van der Waals surface area contributed by atoms with Crippen LogP contribution in [0.25, 0.3) is 0 Å². The number of hydrogen-bond donors (Lipinski definition) is 0. The van der Waals surface area contributed by atoms with Gasteiger partial charge in [0.15, 0.2) is 0 Å². The summed E-state index contributed by atoms with van der Waals surface area (Å²) in [6, 6.07) is 0. The fourth-order valence-corrected chi connectivity index (χ4v) is 0.912. The van der Waals surface area contributed by atoms with E-state index in [1.54, 1.807) is 0 Å². The number of allylic oxidation sites excluding steroid dienone is 6. The predicted octanol–water partition coefficient (Wildman–Crippen LogP) is 2.25. The van der Waals surface area contributed by atoms with E-state index in [9.17, 15) is 0 Å². The van der Waals surface area contributed by atoms with Gasteiger partial charge in [0.25, 0.3) is 0 Å². The molecule has 0 saturated carbocycles. The summed E-state index contributed by atoms with van der Waals surface area (Å²) >= 11 is 4.49. The third-order valence-electron chi connectivity index (χ3n) is 1.21. The van der Waals surface area contributed by atoms with Gasteiger partial charge in [0.1, 0.15) is 0 Å². The van der Waals surface area contributed by atoms with Crippen LogP contribution in [0, 0.1) is 5.92 Å². The molecule has 0 fully saturated rings. The quantitative estimate of drug-likeness (QED) is 0.433. The molecule has 0 aliphatic heterocycles. The summed E-state index contributed by atoms with van der Waals surface area (Å²) in [6.45, 7) is 0. The van der Waals surface area contributed by atoms with Crippen LogP contribution in [-0.4, -0.2) is 0 Å². The molecule has 0 saturated heterocycles. The first-order valence-corrected chi connectivity index (χ1v) is 3.66. The van der Waals surface area contributed by atoms with Crippen molar-refractivity contribution in [3.8, 4) is 0 Å². The standard InChI is InChI=1S/C8H9.Ni/c1-2-5-8-6-3-4-7-8;/h2-8H,1H2;. The van der Waals surface area contributed by atoms with Gasteiger partial charge < -0.3 is 0 Å². The van der Waals surface area contributed by atoms with Gasteiger partial charge in [0.05, 0.1) is 0 Å². The molecule has 1 rings (SSSR count). The molecule has 0 amide bonds. The first-order chi connectivity index (χ1) is 4.43. The molecule has 0 unspecified atom stereocenters. The van der Waals surface area contributed by atoms with Crippen LogP contribution in [0.1, 0.15) is 0 Å². The zero-order chi connectivity index (χ0) is 6.53. The summed E-state index contributed by atoms with van der Waals surface area (Å²) in [7, 11) is 0. The molecule has 1 aliphatic carbocycles. The zero-order valence-electron chi connectivity index (χ0n) is 5.06. The van der Waals surface area contributed by atoms with Gasteiger partial charge >= 0.3 is 63.2 Å². The average molecular weight is 164 g/mol. The van der Waals surface area contributed by atoms with Gasteiger partial charge in [-0.3, -0.25) is 0 Å². The van der Waals surface area contributed by atoms with Crippen molar-refractivity contribution in [3.63, 3.8) is 0 Å². The molecule has 51 valence electrons. The summed E-state index contributed by atoms with van der Waals surface area (Å²) < 4.78 is 0. The molecule has 9 heavy (non-hydrogen) atoms. The van der Waals surface area contributed by atoms with E-state index >= 15 is 0 Å². The average Bonchev–Trinajstić information content (AvgIpc) is 2.34. The van der Waals surface area contributed by atoms with Crippen LogP contribution in [0.15, 0.2) is 36.5 Å². The molecule has 0 spiro atoms. The molecule has 0 N–H and O–H groups in total. The van der Waals surface area contributed by atoms with Crippen LogP contribution in [0.3, 0.4) is 0 Å². The molecular formula is C8H9Ni. The Morgan fingerprint density at radius 2 is 2.00 bits per heavy atom. The Hall–Kier alpha value is -0.286. The third kappa shape index (κ3) is 2.19. The van der Waals surface area contributed by atoms with Crippen molar-refractivity contribution in [2.45, 2.75) is 5.39 Å². The fraction of sp³-hybridized carbons (Fsp3) is 0.250. The molecule has 0 aromatic heterocycles. The molecule has 0 nitrogen and oxygen atoms in total. The van der Waals surface area contributed by atoms with Crippen molar-refractivity contribution < 1.29 is 15.5 Å². The van der Waals surface area contributed by atoms with Gasteiger partial charge in [-0.05, 0) is 0 Å². The van der Waals surface area contributed by atoms with E-state index < -0.39 is 0 Å². The maximum atomic E-state index is 4.49. The molecule has 1 aliphatic rings. The molecule has 0 aromatic rings. The van der Waals surface area contributed by atoms with E-state index in [-0.39, 0.29) is 0 Å². The van der Waals surface area contributed by atoms with E-state index in [4.69, 9.17) is 0 Å².